The van der Waals surface area contributed by atoms with Crippen LogP contribution in [0, 0.1) is 24.7 Å². The van der Waals surface area contributed by atoms with Gasteiger partial charge < -0.3 is 15.1 Å². The maximum atomic E-state index is 13.7. The fourth-order valence-corrected chi connectivity index (χ4v) is 6.77. The highest BCUT2D eigenvalue weighted by Crippen LogP contribution is 2.54. The Morgan fingerprint density at radius 2 is 1.90 bits per heavy atom. The quantitative estimate of drug-likeness (QED) is 0.821. The molecule has 6 nitrogen and oxygen atoms in total. The third kappa shape index (κ3) is 3.05. The summed E-state index contributed by atoms with van der Waals surface area (Å²) in [5, 5.41) is 5.33. The van der Waals surface area contributed by atoms with Crippen molar-refractivity contribution in [3.8, 4) is 0 Å². The van der Waals surface area contributed by atoms with E-state index in [-0.39, 0.29) is 41.4 Å². The van der Waals surface area contributed by atoms with E-state index in [0.717, 1.165) is 49.2 Å². The number of thiophene rings is 1. The molecular formula is C22H29N3O3S. The van der Waals surface area contributed by atoms with Crippen molar-refractivity contribution in [2.75, 3.05) is 26.2 Å². The summed E-state index contributed by atoms with van der Waals surface area (Å²) in [5.74, 6) is 0.138. The third-order valence-corrected chi connectivity index (χ3v) is 8.55. The SMILES string of the molecule is Cc1ccsc1C1C2C(=O)CCC2C(C(=O)N2CCNCC2)N1C(=O)C1CCC1. The Balaban J connectivity index is 1.57. The van der Waals surface area contributed by atoms with Crippen LogP contribution in [0.1, 0.15) is 48.6 Å². The number of carbonyl (C=O) groups excluding carboxylic acids is 3. The largest absolute Gasteiger partial charge is 0.338 e. The van der Waals surface area contributed by atoms with Gasteiger partial charge in [-0.1, -0.05) is 6.42 Å². The zero-order chi connectivity index (χ0) is 20.1. The van der Waals surface area contributed by atoms with Crippen LogP contribution in [0.25, 0.3) is 0 Å². The summed E-state index contributed by atoms with van der Waals surface area (Å²) >= 11 is 1.62. The second kappa shape index (κ2) is 7.51. The van der Waals surface area contributed by atoms with E-state index in [4.69, 9.17) is 0 Å². The number of hydrogen-bond acceptors (Lipinski definition) is 5. The van der Waals surface area contributed by atoms with Gasteiger partial charge in [-0.15, -0.1) is 11.3 Å². The van der Waals surface area contributed by atoms with Crippen LogP contribution in [0.2, 0.25) is 0 Å². The summed E-state index contributed by atoms with van der Waals surface area (Å²) < 4.78 is 0. The number of Topliss-reactive ketones (excluding diaryl/α,β-unsaturated/α-hetero) is 1. The zero-order valence-electron chi connectivity index (χ0n) is 16.9. The van der Waals surface area contributed by atoms with Crippen molar-refractivity contribution in [2.24, 2.45) is 17.8 Å². The van der Waals surface area contributed by atoms with Gasteiger partial charge in [-0.2, -0.15) is 0 Å². The van der Waals surface area contributed by atoms with Gasteiger partial charge in [0.2, 0.25) is 11.8 Å². The maximum Gasteiger partial charge on any atom is 0.245 e. The van der Waals surface area contributed by atoms with Gasteiger partial charge in [0.1, 0.15) is 11.8 Å². The second-order valence-corrected chi connectivity index (χ2v) is 9.95. The van der Waals surface area contributed by atoms with Crippen LogP contribution in [0.5, 0.6) is 0 Å². The van der Waals surface area contributed by atoms with Gasteiger partial charge in [0.05, 0.1) is 6.04 Å². The van der Waals surface area contributed by atoms with Crippen molar-refractivity contribution >= 4 is 28.9 Å². The van der Waals surface area contributed by atoms with E-state index < -0.39 is 6.04 Å². The predicted molar refractivity (Wildman–Crippen MR) is 110 cm³/mol. The Hall–Kier alpha value is -1.73. The number of fused-ring (bicyclic) bond motifs is 1. The molecule has 2 aliphatic carbocycles. The van der Waals surface area contributed by atoms with Crippen molar-refractivity contribution in [1.82, 2.24) is 15.1 Å². The molecule has 156 valence electrons. The minimum atomic E-state index is -0.482. The number of likely N-dealkylation sites (tertiary alicyclic amines) is 1. The summed E-state index contributed by atoms with van der Waals surface area (Å²) in [6.07, 6.45) is 4.15. The monoisotopic (exact) mass is 415 g/mol. The number of piperazine rings is 1. The lowest BCUT2D eigenvalue weighted by Gasteiger charge is -2.39. The van der Waals surface area contributed by atoms with Gasteiger partial charge in [0.25, 0.3) is 0 Å². The van der Waals surface area contributed by atoms with Gasteiger partial charge in [0, 0.05) is 55.2 Å². The first-order valence-corrected chi connectivity index (χ1v) is 11.8. The minimum absolute atomic E-state index is 0.0185. The number of amides is 2. The molecule has 3 heterocycles. The zero-order valence-corrected chi connectivity index (χ0v) is 17.7. The molecule has 2 saturated carbocycles. The summed E-state index contributed by atoms with van der Waals surface area (Å²) in [6, 6.07) is 1.32. The molecule has 1 aromatic heterocycles. The number of aryl methyl sites for hydroxylation is 1. The van der Waals surface area contributed by atoms with Crippen LogP contribution in [0.15, 0.2) is 11.4 Å². The van der Waals surface area contributed by atoms with Crippen molar-refractivity contribution < 1.29 is 14.4 Å². The summed E-state index contributed by atoms with van der Waals surface area (Å²) in [5.41, 5.74) is 1.13. The molecule has 2 amide bonds. The van der Waals surface area contributed by atoms with E-state index in [1.165, 1.54) is 0 Å². The Morgan fingerprint density at radius 1 is 1.14 bits per heavy atom. The Morgan fingerprint density at radius 3 is 2.52 bits per heavy atom. The van der Waals surface area contributed by atoms with Crippen LogP contribution in [0.3, 0.4) is 0 Å². The molecule has 7 heteroatoms. The lowest BCUT2D eigenvalue weighted by Crippen LogP contribution is -2.56. The summed E-state index contributed by atoms with van der Waals surface area (Å²) in [6.45, 7) is 4.98. The molecule has 29 heavy (non-hydrogen) atoms. The average Bonchev–Trinajstić information content (AvgIpc) is 3.35. The lowest BCUT2D eigenvalue weighted by atomic mass is 9.83. The molecule has 0 bridgehead atoms. The van der Waals surface area contributed by atoms with E-state index in [1.54, 1.807) is 11.3 Å². The first-order valence-electron chi connectivity index (χ1n) is 11.0. The molecule has 5 rings (SSSR count). The average molecular weight is 416 g/mol. The van der Waals surface area contributed by atoms with Gasteiger partial charge in [-0.05, 0) is 43.2 Å². The lowest BCUT2D eigenvalue weighted by molar-refractivity contribution is -0.151. The minimum Gasteiger partial charge on any atom is -0.338 e. The van der Waals surface area contributed by atoms with E-state index >= 15 is 0 Å². The van der Waals surface area contributed by atoms with Crippen molar-refractivity contribution in [3.63, 3.8) is 0 Å². The van der Waals surface area contributed by atoms with E-state index in [0.29, 0.717) is 19.5 Å². The molecule has 4 unspecified atom stereocenters. The van der Waals surface area contributed by atoms with Gasteiger partial charge >= 0.3 is 0 Å². The van der Waals surface area contributed by atoms with Crippen LogP contribution in [-0.2, 0) is 14.4 Å². The fourth-order valence-electron chi connectivity index (χ4n) is 5.70. The topological polar surface area (TPSA) is 69.7 Å². The van der Waals surface area contributed by atoms with Crippen LogP contribution in [0.4, 0.5) is 0 Å². The maximum absolute atomic E-state index is 13.7. The molecule has 0 spiro atoms. The molecule has 1 aromatic rings. The van der Waals surface area contributed by atoms with Crippen LogP contribution in [-0.4, -0.2) is 59.6 Å². The fraction of sp³-hybridized carbons (Fsp3) is 0.682. The number of ketones is 1. The highest BCUT2D eigenvalue weighted by Gasteiger charge is 2.60. The van der Waals surface area contributed by atoms with E-state index in [2.05, 4.69) is 18.3 Å². The first kappa shape index (κ1) is 19.2. The van der Waals surface area contributed by atoms with Crippen LogP contribution < -0.4 is 5.32 Å². The van der Waals surface area contributed by atoms with Crippen molar-refractivity contribution in [2.45, 2.75) is 51.1 Å². The second-order valence-electron chi connectivity index (χ2n) is 9.00. The van der Waals surface area contributed by atoms with Gasteiger partial charge in [0.15, 0.2) is 0 Å². The number of hydrogen-bond donors (Lipinski definition) is 1. The Kier molecular flexibility index (Phi) is 4.98. The number of nitrogens with one attached hydrogen (secondary N) is 1. The molecule has 4 aliphatic rings. The third-order valence-electron chi connectivity index (χ3n) is 7.46. The molecule has 0 aromatic carbocycles. The highest BCUT2D eigenvalue weighted by molar-refractivity contribution is 7.10. The molecule has 1 N–H and O–H groups in total. The number of carbonyl (C=O) groups is 3. The van der Waals surface area contributed by atoms with Crippen LogP contribution >= 0.6 is 11.3 Å². The van der Waals surface area contributed by atoms with Crippen molar-refractivity contribution in [1.29, 1.82) is 0 Å². The molecule has 0 radical (unpaired) electrons. The normalized spacial score (nSPS) is 32.4. The molecular weight excluding hydrogens is 386 g/mol. The molecule has 4 atom stereocenters. The summed E-state index contributed by atoms with van der Waals surface area (Å²) in [4.78, 5) is 45.2. The Bertz CT molecular complexity index is 827. The number of nitrogens with zero attached hydrogens (tertiary/aromatic N) is 2. The summed E-state index contributed by atoms with van der Waals surface area (Å²) in [7, 11) is 0. The molecule has 2 saturated heterocycles. The van der Waals surface area contributed by atoms with E-state index in [9.17, 15) is 14.4 Å². The van der Waals surface area contributed by atoms with Crippen molar-refractivity contribution in [3.05, 3.63) is 21.9 Å². The smallest absolute Gasteiger partial charge is 0.245 e. The molecule has 4 fully saturated rings. The first-order chi connectivity index (χ1) is 14.1. The van der Waals surface area contributed by atoms with Gasteiger partial charge in [-0.3, -0.25) is 14.4 Å². The predicted octanol–water partition coefficient (Wildman–Crippen LogP) is 2.14. The highest BCUT2D eigenvalue weighted by atomic mass is 32.1. The van der Waals surface area contributed by atoms with E-state index in [1.807, 2.05) is 15.2 Å². The Labute approximate surface area is 175 Å². The van der Waals surface area contributed by atoms with Gasteiger partial charge in [-0.25, -0.2) is 0 Å². The molecule has 2 aliphatic heterocycles. The number of rotatable bonds is 3. The standard InChI is InChI=1S/C22H29N3O3S/c1-13-7-12-29-20(13)19-17-15(5-6-16(17)26)18(22(28)24-10-8-23-9-11-24)25(19)21(27)14-3-2-4-14/h7,12,14-15,17-19,23H,2-6,8-11H2,1H3.